The van der Waals surface area contributed by atoms with Crippen molar-refractivity contribution in [3.63, 3.8) is 0 Å². The Kier molecular flexibility index (Phi) is 6.44. The smallest absolute Gasteiger partial charge is 0.243 e. The lowest BCUT2D eigenvalue weighted by atomic mass is 10.1. The van der Waals surface area contributed by atoms with E-state index in [9.17, 15) is 13.2 Å². The Morgan fingerprint density at radius 3 is 2.42 bits per heavy atom. The van der Waals surface area contributed by atoms with Crippen LogP contribution in [0.5, 0.6) is 0 Å². The van der Waals surface area contributed by atoms with Gasteiger partial charge < -0.3 is 15.4 Å². The molecule has 0 aromatic heterocycles. The third-order valence-electron chi connectivity index (χ3n) is 4.09. The van der Waals surface area contributed by atoms with Gasteiger partial charge in [0.05, 0.1) is 24.2 Å². The number of nitrogens with zero attached hydrogens (tertiary/aromatic N) is 1. The number of hydrogen-bond acceptors (Lipinski definition) is 5. The summed E-state index contributed by atoms with van der Waals surface area (Å²) in [5.41, 5.74) is 0.917. The SMILES string of the molecule is Cc1ccc(NC(=O)[C@H](C)NC(C)(C)C)cc1S(=O)(=O)N1CCOCC1. The number of carbonyl (C=O) groups is 1. The zero-order valence-corrected chi connectivity index (χ0v) is 16.9. The van der Waals surface area contributed by atoms with E-state index in [-0.39, 0.29) is 16.3 Å². The van der Waals surface area contributed by atoms with E-state index in [2.05, 4.69) is 10.6 Å². The highest BCUT2D eigenvalue weighted by Crippen LogP contribution is 2.24. The first kappa shape index (κ1) is 20.8. The molecule has 1 aromatic carbocycles. The fraction of sp³-hybridized carbons (Fsp3) is 0.611. The fourth-order valence-electron chi connectivity index (χ4n) is 2.85. The first-order chi connectivity index (χ1) is 12.0. The molecular weight excluding hydrogens is 354 g/mol. The quantitative estimate of drug-likeness (QED) is 0.809. The lowest BCUT2D eigenvalue weighted by molar-refractivity contribution is -0.118. The van der Waals surface area contributed by atoms with Crippen molar-refractivity contribution in [2.45, 2.75) is 51.1 Å². The Hall–Kier alpha value is -1.48. The normalized spacial score (nSPS) is 17.7. The predicted molar refractivity (Wildman–Crippen MR) is 102 cm³/mol. The van der Waals surface area contributed by atoms with Gasteiger partial charge in [-0.25, -0.2) is 8.42 Å². The van der Waals surface area contributed by atoms with Gasteiger partial charge in [-0.1, -0.05) is 6.07 Å². The molecule has 1 amide bonds. The largest absolute Gasteiger partial charge is 0.379 e. The summed E-state index contributed by atoms with van der Waals surface area (Å²) in [6.07, 6.45) is 0. The van der Waals surface area contributed by atoms with Gasteiger partial charge in [0.15, 0.2) is 0 Å². The van der Waals surface area contributed by atoms with Gasteiger partial charge in [0.1, 0.15) is 0 Å². The number of morpholine rings is 1. The molecule has 8 heteroatoms. The molecule has 1 aliphatic rings. The van der Waals surface area contributed by atoms with Crippen molar-refractivity contribution in [2.75, 3.05) is 31.6 Å². The second-order valence-corrected chi connectivity index (χ2v) is 9.51. The molecule has 0 aliphatic carbocycles. The minimum Gasteiger partial charge on any atom is -0.379 e. The summed E-state index contributed by atoms with van der Waals surface area (Å²) in [6.45, 7) is 10.9. The van der Waals surface area contributed by atoms with Gasteiger partial charge in [0.25, 0.3) is 0 Å². The van der Waals surface area contributed by atoms with Crippen molar-refractivity contribution in [3.8, 4) is 0 Å². The van der Waals surface area contributed by atoms with Crippen LogP contribution < -0.4 is 10.6 Å². The molecule has 7 nitrogen and oxygen atoms in total. The Morgan fingerprint density at radius 1 is 1.23 bits per heavy atom. The third-order valence-corrected chi connectivity index (χ3v) is 6.13. The number of rotatable bonds is 5. The van der Waals surface area contributed by atoms with Crippen LogP contribution >= 0.6 is 0 Å². The zero-order valence-electron chi connectivity index (χ0n) is 16.1. The van der Waals surface area contributed by atoms with E-state index in [1.807, 2.05) is 20.8 Å². The number of benzene rings is 1. The van der Waals surface area contributed by atoms with Gasteiger partial charge in [-0.15, -0.1) is 0 Å². The molecule has 1 atom stereocenters. The van der Waals surface area contributed by atoms with Crippen molar-refractivity contribution in [1.29, 1.82) is 0 Å². The standard InChI is InChI=1S/C18H29N3O4S/c1-13-6-7-15(19-17(22)14(2)20-18(3,4)5)12-16(13)26(23,24)21-8-10-25-11-9-21/h6-7,12,14,20H,8-11H2,1-5H3,(H,19,22)/t14-/m0/s1. The van der Waals surface area contributed by atoms with Crippen molar-refractivity contribution in [3.05, 3.63) is 23.8 Å². The first-order valence-electron chi connectivity index (χ1n) is 8.78. The Labute approximate surface area is 156 Å². The number of carbonyl (C=O) groups excluding carboxylic acids is 1. The second-order valence-electron chi connectivity index (χ2n) is 7.60. The number of ether oxygens (including phenoxy) is 1. The maximum atomic E-state index is 12.9. The minimum atomic E-state index is -3.61. The van der Waals surface area contributed by atoms with E-state index in [0.717, 1.165) is 0 Å². The van der Waals surface area contributed by atoms with Crippen LogP contribution in [-0.2, 0) is 19.6 Å². The molecule has 0 saturated carbocycles. The molecule has 146 valence electrons. The number of amides is 1. The van der Waals surface area contributed by atoms with E-state index in [1.165, 1.54) is 10.4 Å². The summed E-state index contributed by atoms with van der Waals surface area (Å²) in [5.74, 6) is -0.210. The Morgan fingerprint density at radius 2 is 1.85 bits per heavy atom. The number of anilines is 1. The predicted octanol–water partition coefficient (Wildman–Crippen LogP) is 1.73. The van der Waals surface area contributed by atoms with Crippen LogP contribution in [-0.4, -0.2) is 56.5 Å². The van der Waals surface area contributed by atoms with Gasteiger partial charge in [-0.05, 0) is 52.3 Å². The van der Waals surface area contributed by atoms with Crippen LogP contribution in [0.3, 0.4) is 0 Å². The molecule has 1 heterocycles. The number of sulfonamides is 1. The monoisotopic (exact) mass is 383 g/mol. The number of aryl methyl sites for hydroxylation is 1. The van der Waals surface area contributed by atoms with E-state index in [0.29, 0.717) is 37.6 Å². The van der Waals surface area contributed by atoms with Gasteiger partial charge in [-0.2, -0.15) is 4.31 Å². The van der Waals surface area contributed by atoms with Crippen molar-refractivity contribution < 1.29 is 17.9 Å². The van der Waals surface area contributed by atoms with E-state index < -0.39 is 16.1 Å². The van der Waals surface area contributed by atoms with Gasteiger partial charge in [0, 0.05) is 24.3 Å². The van der Waals surface area contributed by atoms with Crippen molar-refractivity contribution in [2.24, 2.45) is 0 Å². The average molecular weight is 384 g/mol. The highest BCUT2D eigenvalue weighted by Gasteiger charge is 2.28. The van der Waals surface area contributed by atoms with Crippen LogP contribution in [0.2, 0.25) is 0 Å². The van der Waals surface area contributed by atoms with Crippen LogP contribution in [0.15, 0.2) is 23.1 Å². The van der Waals surface area contributed by atoms with Crippen LogP contribution in [0.1, 0.15) is 33.3 Å². The maximum absolute atomic E-state index is 12.9. The summed E-state index contributed by atoms with van der Waals surface area (Å²) in [5, 5.41) is 5.99. The molecule has 1 aliphatic heterocycles. The molecule has 0 bridgehead atoms. The fourth-order valence-corrected chi connectivity index (χ4v) is 4.51. The van der Waals surface area contributed by atoms with E-state index >= 15 is 0 Å². The minimum absolute atomic E-state index is 0.200. The number of nitrogens with one attached hydrogen (secondary N) is 2. The molecule has 26 heavy (non-hydrogen) atoms. The lowest BCUT2D eigenvalue weighted by Crippen LogP contribution is -2.48. The van der Waals surface area contributed by atoms with Gasteiger partial charge in [-0.3, -0.25) is 4.79 Å². The van der Waals surface area contributed by atoms with E-state index in [1.54, 1.807) is 26.0 Å². The lowest BCUT2D eigenvalue weighted by Gasteiger charge is -2.27. The molecule has 0 radical (unpaired) electrons. The Bertz CT molecular complexity index is 750. The van der Waals surface area contributed by atoms with Crippen LogP contribution in [0.4, 0.5) is 5.69 Å². The highest BCUT2D eigenvalue weighted by atomic mass is 32.2. The van der Waals surface area contributed by atoms with Crippen molar-refractivity contribution in [1.82, 2.24) is 9.62 Å². The zero-order chi connectivity index (χ0) is 19.5. The topological polar surface area (TPSA) is 87.7 Å². The maximum Gasteiger partial charge on any atom is 0.243 e. The summed E-state index contributed by atoms with van der Waals surface area (Å²) in [6, 6.07) is 4.55. The first-order valence-corrected chi connectivity index (χ1v) is 10.2. The molecule has 0 unspecified atom stereocenters. The molecule has 2 N–H and O–H groups in total. The second kappa shape index (κ2) is 8.04. The van der Waals surface area contributed by atoms with Gasteiger partial charge >= 0.3 is 0 Å². The summed E-state index contributed by atoms with van der Waals surface area (Å²) < 4.78 is 32.5. The molecule has 1 aromatic rings. The Balaban J connectivity index is 2.20. The summed E-state index contributed by atoms with van der Waals surface area (Å²) >= 11 is 0. The molecule has 1 saturated heterocycles. The average Bonchev–Trinajstić information content (AvgIpc) is 2.55. The van der Waals surface area contributed by atoms with Gasteiger partial charge in [0.2, 0.25) is 15.9 Å². The molecule has 1 fully saturated rings. The third kappa shape index (κ3) is 5.26. The van der Waals surface area contributed by atoms with Crippen LogP contribution in [0.25, 0.3) is 0 Å². The van der Waals surface area contributed by atoms with E-state index in [4.69, 9.17) is 4.74 Å². The summed E-state index contributed by atoms with van der Waals surface area (Å²) in [4.78, 5) is 12.6. The molecule has 2 rings (SSSR count). The molecule has 0 spiro atoms. The summed E-state index contributed by atoms with van der Waals surface area (Å²) in [7, 11) is -3.61. The highest BCUT2D eigenvalue weighted by molar-refractivity contribution is 7.89. The number of hydrogen-bond donors (Lipinski definition) is 2. The molecular formula is C18H29N3O4S. The van der Waals surface area contributed by atoms with Crippen LogP contribution in [0, 0.1) is 6.92 Å². The van der Waals surface area contributed by atoms with Crippen molar-refractivity contribution >= 4 is 21.6 Å².